The molecule has 0 aliphatic rings. The van der Waals surface area contributed by atoms with E-state index in [1.807, 2.05) is 12.1 Å². The highest BCUT2D eigenvalue weighted by molar-refractivity contribution is 9.10. The van der Waals surface area contributed by atoms with E-state index in [-0.39, 0.29) is 10.8 Å². The van der Waals surface area contributed by atoms with E-state index in [9.17, 15) is 13.2 Å². The lowest BCUT2D eigenvalue weighted by Crippen LogP contribution is -2.26. The van der Waals surface area contributed by atoms with Crippen LogP contribution in [0.2, 0.25) is 0 Å². The van der Waals surface area contributed by atoms with Gasteiger partial charge in [0, 0.05) is 41.7 Å². The van der Waals surface area contributed by atoms with E-state index < -0.39 is 10.0 Å². The molecule has 0 radical (unpaired) electrons. The standard InChI is InChI=1S/C20H18BrN3O3S/c1-24(14-15-9-11-22-12-10-15)20(25)16-3-2-4-18(13-16)23-28(26,27)19-7-5-17(21)6-8-19/h2-13,23H,14H2,1H3. The molecule has 1 amide bonds. The van der Waals surface area contributed by atoms with Gasteiger partial charge in [-0.15, -0.1) is 0 Å². The second kappa shape index (κ2) is 8.53. The summed E-state index contributed by atoms with van der Waals surface area (Å²) in [5.74, 6) is -0.207. The smallest absolute Gasteiger partial charge is 0.261 e. The zero-order valence-corrected chi connectivity index (χ0v) is 17.4. The predicted molar refractivity (Wildman–Crippen MR) is 111 cm³/mol. The van der Waals surface area contributed by atoms with Gasteiger partial charge in [0.2, 0.25) is 0 Å². The Bertz CT molecular complexity index is 1070. The van der Waals surface area contributed by atoms with Crippen molar-refractivity contribution in [1.82, 2.24) is 9.88 Å². The van der Waals surface area contributed by atoms with Crippen molar-refractivity contribution < 1.29 is 13.2 Å². The molecule has 6 nitrogen and oxygen atoms in total. The zero-order chi connectivity index (χ0) is 20.1. The number of sulfonamides is 1. The summed E-state index contributed by atoms with van der Waals surface area (Å²) in [6.45, 7) is 0.427. The molecule has 1 heterocycles. The van der Waals surface area contributed by atoms with Gasteiger partial charge in [-0.25, -0.2) is 8.42 Å². The second-order valence-corrected chi connectivity index (χ2v) is 8.75. The zero-order valence-electron chi connectivity index (χ0n) is 15.0. The molecule has 1 aromatic heterocycles. The number of hydrogen-bond donors (Lipinski definition) is 1. The molecule has 3 aromatic rings. The molecule has 28 heavy (non-hydrogen) atoms. The molecule has 2 aromatic carbocycles. The fourth-order valence-electron chi connectivity index (χ4n) is 2.60. The molecule has 0 spiro atoms. The van der Waals surface area contributed by atoms with Crippen LogP contribution in [0.1, 0.15) is 15.9 Å². The number of carbonyl (C=O) groups is 1. The highest BCUT2D eigenvalue weighted by atomic mass is 79.9. The van der Waals surface area contributed by atoms with Gasteiger partial charge in [0.05, 0.1) is 4.90 Å². The Morgan fingerprint density at radius 2 is 1.75 bits per heavy atom. The highest BCUT2D eigenvalue weighted by Crippen LogP contribution is 2.20. The molecule has 1 N–H and O–H groups in total. The molecule has 8 heteroatoms. The molecule has 0 unspecified atom stereocenters. The average Bonchev–Trinajstić information content (AvgIpc) is 2.68. The third-order valence-corrected chi connectivity index (χ3v) is 5.93. The maximum absolute atomic E-state index is 12.7. The van der Waals surface area contributed by atoms with E-state index in [2.05, 4.69) is 25.6 Å². The van der Waals surface area contributed by atoms with Crippen molar-refractivity contribution in [3.63, 3.8) is 0 Å². The van der Waals surface area contributed by atoms with Crippen LogP contribution in [0.25, 0.3) is 0 Å². The minimum Gasteiger partial charge on any atom is -0.337 e. The number of hydrogen-bond acceptors (Lipinski definition) is 4. The average molecular weight is 460 g/mol. The number of halogens is 1. The molecule has 0 bridgehead atoms. The van der Waals surface area contributed by atoms with Gasteiger partial charge >= 0.3 is 0 Å². The van der Waals surface area contributed by atoms with Crippen molar-refractivity contribution in [2.75, 3.05) is 11.8 Å². The third-order valence-electron chi connectivity index (χ3n) is 4.00. The van der Waals surface area contributed by atoms with Gasteiger partial charge < -0.3 is 4.90 Å². The molecule has 3 rings (SSSR count). The van der Waals surface area contributed by atoms with Gasteiger partial charge in [-0.2, -0.15) is 0 Å². The van der Waals surface area contributed by atoms with E-state index in [0.29, 0.717) is 17.8 Å². The van der Waals surface area contributed by atoms with Crippen LogP contribution in [-0.4, -0.2) is 31.3 Å². The van der Waals surface area contributed by atoms with Gasteiger partial charge in [-0.3, -0.25) is 14.5 Å². The van der Waals surface area contributed by atoms with E-state index in [1.54, 1.807) is 54.7 Å². The third kappa shape index (κ3) is 4.96. The monoisotopic (exact) mass is 459 g/mol. The number of nitrogens with zero attached hydrogens (tertiary/aromatic N) is 2. The lowest BCUT2D eigenvalue weighted by atomic mass is 10.1. The Morgan fingerprint density at radius 1 is 1.07 bits per heavy atom. The number of carbonyl (C=O) groups excluding carboxylic acids is 1. The summed E-state index contributed by atoms with van der Waals surface area (Å²) in [6, 6.07) is 16.4. The van der Waals surface area contributed by atoms with E-state index in [0.717, 1.165) is 10.0 Å². The summed E-state index contributed by atoms with van der Waals surface area (Å²) in [7, 11) is -2.05. The molecule has 0 saturated heterocycles. The SMILES string of the molecule is CN(Cc1ccncc1)C(=O)c1cccc(NS(=O)(=O)c2ccc(Br)cc2)c1. The van der Waals surface area contributed by atoms with Gasteiger partial charge in [-0.05, 0) is 60.2 Å². The Balaban J connectivity index is 1.76. The fraction of sp³-hybridized carbons (Fsp3) is 0.100. The van der Waals surface area contributed by atoms with Crippen molar-refractivity contribution in [3.8, 4) is 0 Å². The molecular weight excluding hydrogens is 442 g/mol. The Kier molecular flexibility index (Phi) is 6.11. The first-order valence-electron chi connectivity index (χ1n) is 8.38. The van der Waals surface area contributed by atoms with Crippen LogP contribution in [0.3, 0.4) is 0 Å². The highest BCUT2D eigenvalue weighted by Gasteiger charge is 2.16. The van der Waals surface area contributed by atoms with Crippen LogP contribution in [-0.2, 0) is 16.6 Å². The minimum atomic E-state index is -3.74. The molecule has 0 saturated carbocycles. The molecule has 144 valence electrons. The minimum absolute atomic E-state index is 0.141. The van der Waals surface area contributed by atoms with Gasteiger partial charge in [-0.1, -0.05) is 22.0 Å². The molecule has 0 atom stereocenters. The number of anilines is 1. The van der Waals surface area contributed by atoms with Crippen LogP contribution in [0, 0.1) is 0 Å². The van der Waals surface area contributed by atoms with Crippen molar-refractivity contribution in [2.24, 2.45) is 0 Å². The number of benzene rings is 2. The van der Waals surface area contributed by atoms with Gasteiger partial charge in [0.15, 0.2) is 0 Å². The van der Waals surface area contributed by atoms with E-state index in [1.165, 1.54) is 18.2 Å². The van der Waals surface area contributed by atoms with E-state index >= 15 is 0 Å². The first kappa shape index (κ1) is 20.0. The van der Waals surface area contributed by atoms with Crippen LogP contribution in [0.4, 0.5) is 5.69 Å². The summed E-state index contributed by atoms with van der Waals surface area (Å²) < 4.78 is 28.4. The lowest BCUT2D eigenvalue weighted by molar-refractivity contribution is 0.0785. The Hall–Kier alpha value is -2.71. The normalized spacial score (nSPS) is 11.1. The number of rotatable bonds is 6. The van der Waals surface area contributed by atoms with Crippen LogP contribution in [0.15, 0.2) is 82.4 Å². The van der Waals surface area contributed by atoms with Crippen molar-refractivity contribution >= 4 is 37.5 Å². The van der Waals surface area contributed by atoms with Gasteiger partial charge in [0.1, 0.15) is 0 Å². The number of aromatic nitrogens is 1. The van der Waals surface area contributed by atoms with Crippen LogP contribution in [0.5, 0.6) is 0 Å². The second-order valence-electron chi connectivity index (χ2n) is 6.16. The number of nitrogens with one attached hydrogen (secondary N) is 1. The molecule has 0 aliphatic carbocycles. The predicted octanol–water partition coefficient (Wildman–Crippen LogP) is 3.92. The molecule has 0 aliphatic heterocycles. The first-order chi connectivity index (χ1) is 13.3. The van der Waals surface area contributed by atoms with E-state index in [4.69, 9.17) is 0 Å². The lowest BCUT2D eigenvalue weighted by Gasteiger charge is -2.18. The largest absolute Gasteiger partial charge is 0.337 e. The maximum atomic E-state index is 12.7. The summed E-state index contributed by atoms with van der Waals surface area (Å²) in [6.07, 6.45) is 3.34. The van der Waals surface area contributed by atoms with Crippen molar-refractivity contribution in [1.29, 1.82) is 0 Å². The first-order valence-corrected chi connectivity index (χ1v) is 10.7. The van der Waals surface area contributed by atoms with Crippen LogP contribution >= 0.6 is 15.9 Å². The number of amides is 1. The molecular formula is C20H18BrN3O3S. The maximum Gasteiger partial charge on any atom is 0.261 e. The van der Waals surface area contributed by atoms with Gasteiger partial charge in [0.25, 0.3) is 15.9 Å². The topological polar surface area (TPSA) is 79.4 Å². The summed E-state index contributed by atoms with van der Waals surface area (Å²) in [5, 5.41) is 0. The van der Waals surface area contributed by atoms with Crippen molar-refractivity contribution in [3.05, 3.63) is 88.7 Å². The van der Waals surface area contributed by atoms with Crippen LogP contribution < -0.4 is 4.72 Å². The fourth-order valence-corrected chi connectivity index (χ4v) is 3.91. The van der Waals surface area contributed by atoms with Crippen molar-refractivity contribution in [2.45, 2.75) is 11.4 Å². The quantitative estimate of drug-likeness (QED) is 0.605. The Labute approximate surface area is 172 Å². The number of pyridine rings is 1. The summed E-state index contributed by atoms with van der Waals surface area (Å²) >= 11 is 3.28. The molecule has 0 fully saturated rings. The Morgan fingerprint density at radius 3 is 2.43 bits per heavy atom. The summed E-state index contributed by atoms with van der Waals surface area (Å²) in [5.41, 5.74) is 1.68. The summed E-state index contributed by atoms with van der Waals surface area (Å²) in [4.78, 5) is 18.4.